The van der Waals surface area contributed by atoms with Crippen LogP contribution in [0.1, 0.15) is 181 Å². The van der Waals surface area contributed by atoms with Crippen molar-refractivity contribution in [2.75, 3.05) is 47.5 Å². The van der Waals surface area contributed by atoms with Gasteiger partial charge >= 0.3 is 11.9 Å². The zero-order valence-corrected chi connectivity index (χ0v) is 35.2. The van der Waals surface area contributed by atoms with E-state index in [0.717, 1.165) is 44.9 Å². The molecule has 52 heavy (non-hydrogen) atoms. The van der Waals surface area contributed by atoms with Gasteiger partial charge in [-0.05, 0) is 44.9 Å². The first-order valence-corrected chi connectivity index (χ1v) is 22.5. The Bertz CT molecular complexity index is 949. The fraction of sp³-hybridized carbons (Fsp3) is 0.857. The quantitative estimate of drug-likeness (QED) is 0.0201. The normalized spacial score (nSPS) is 13.9. The highest BCUT2D eigenvalue weighted by Gasteiger charge is 2.21. The molecule has 0 aromatic heterocycles. The van der Waals surface area contributed by atoms with Crippen molar-refractivity contribution in [1.29, 1.82) is 0 Å². The van der Waals surface area contributed by atoms with Gasteiger partial charge in [0.05, 0.1) is 27.7 Å². The summed E-state index contributed by atoms with van der Waals surface area (Å²) in [7, 11) is 1.17. The lowest BCUT2D eigenvalue weighted by atomic mass is 10.1. The Labute approximate surface area is 319 Å². The van der Waals surface area contributed by atoms with E-state index in [4.69, 9.17) is 18.5 Å². The van der Waals surface area contributed by atoms with Crippen molar-refractivity contribution < 1.29 is 42.1 Å². The third kappa shape index (κ3) is 38.2. The summed E-state index contributed by atoms with van der Waals surface area (Å²) in [6.07, 6.45) is 36.4. The fourth-order valence-electron chi connectivity index (χ4n) is 5.63. The SMILES string of the molecule is CCCCC/C=C/C/C=C/CCCCCCCCCCCC(=O)OC[C@@H](COP(=O)([O-])OCC[N+](C)(C)C)OC(=O)CCCCCCCCCCC. The molecule has 0 rings (SSSR count). The molecule has 0 fully saturated rings. The van der Waals surface area contributed by atoms with Crippen LogP contribution >= 0.6 is 7.82 Å². The lowest BCUT2D eigenvalue weighted by molar-refractivity contribution is -0.870. The van der Waals surface area contributed by atoms with Crippen LogP contribution in [-0.2, 0) is 32.7 Å². The molecule has 0 saturated carbocycles. The molecular weight excluding hydrogens is 677 g/mol. The van der Waals surface area contributed by atoms with Crippen molar-refractivity contribution in [3.8, 4) is 0 Å². The first-order chi connectivity index (χ1) is 25.0. The van der Waals surface area contributed by atoms with Crippen LogP contribution in [0.5, 0.6) is 0 Å². The second kappa shape index (κ2) is 35.2. The zero-order chi connectivity index (χ0) is 38.6. The van der Waals surface area contributed by atoms with Gasteiger partial charge in [-0.3, -0.25) is 14.2 Å². The molecule has 0 bridgehead atoms. The smallest absolute Gasteiger partial charge is 0.306 e. The van der Waals surface area contributed by atoms with E-state index < -0.39 is 26.5 Å². The average molecular weight is 758 g/mol. The Hall–Kier alpha value is -1.51. The molecule has 0 aliphatic carbocycles. The Balaban J connectivity index is 4.27. The fourth-order valence-corrected chi connectivity index (χ4v) is 6.35. The Morgan fingerprint density at radius 1 is 0.596 bits per heavy atom. The van der Waals surface area contributed by atoms with Gasteiger partial charge in [0.25, 0.3) is 7.82 Å². The van der Waals surface area contributed by atoms with Gasteiger partial charge in [0.15, 0.2) is 6.10 Å². The molecule has 0 spiro atoms. The van der Waals surface area contributed by atoms with E-state index in [1.807, 2.05) is 21.1 Å². The average Bonchev–Trinajstić information content (AvgIpc) is 3.09. The van der Waals surface area contributed by atoms with Gasteiger partial charge in [-0.1, -0.05) is 147 Å². The standard InChI is InChI=1S/C42H80NO8P/c1-6-8-10-12-14-16-17-18-19-20-21-22-23-24-25-27-28-30-32-34-41(44)48-38-40(39-50-52(46,47)49-37-36-43(3,4)5)51-42(45)35-33-31-29-26-15-13-11-9-7-2/h14,16,18-19,40H,6-13,15,17,20-39H2,1-5H3/b16-14+,19-18+/t40-/m0/s1. The van der Waals surface area contributed by atoms with E-state index in [1.165, 1.54) is 103 Å². The molecule has 0 heterocycles. The summed E-state index contributed by atoms with van der Waals surface area (Å²) in [5, 5.41) is 0. The largest absolute Gasteiger partial charge is 0.756 e. The summed E-state index contributed by atoms with van der Waals surface area (Å²) in [5.41, 5.74) is 0. The number of carbonyl (C=O) groups is 2. The number of rotatable bonds is 38. The molecule has 0 aromatic carbocycles. The molecule has 0 radical (unpaired) electrons. The van der Waals surface area contributed by atoms with Crippen LogP contribution in [0.2, 0.25) is 0 Å². The Kier molecular flexibility index (Phi) is 34.2. The number of hydrogen-bond donors (Lipinski definition) is 0. The maximum Gasteiger partial charge on any atom is 0.306 e. The predicted octanol–water partition coefficient (Wildman–Crippen LogP) is 10.9. The van der Waals surface area contributed by atoms with Crippen molar-refractivity contribution in [3.63, 3.8) is 0 Å². The van der Waals surface area contributed by atoms with E-state index >= 15 is 0 Å². The molecule has 0 aliphatic heterocycles. The molecule has 0 saturated heterocycles. The van der Waals surface area contributed by atoms with Crippen molar-refractivity contribution in [3.05, 3.63) is 24.3 Å². The monoisotopic (exact) mass is 758 g/mol. The second-order valence-electron chi connectivity index (χ2n) is 15.4. The van der Waals surface area contributed by atoms with Gasteiger partial charge in [0.2, 0.25) is 0 Å². The van der Waals surface area contributed by atoms with Crippen LogP contribution in [0.3, 0.4) is 0 Å². The van der Waals surface area contributed by atoms with Crippen molar-refractivity contribution in [2.45, 2.75) is 187 Å². The molecule has 0 amide bonds. The highest BCUT2D eigenvalue weighted by atomic mass is 31.2. The highest BCUT2D eigenvalue weighted by Crippen LogP contribution is 2.38. The number of esters is 2. The molecule has 0 aliphatic rings. The molecule has 9 nitrogen and oxygen atoms in total. The lowest BCUT2D eigenvalue weighted by Crippen LogP contribution is -2.37. The number of allylic oxidation sites excluding steroid dienone is 4. The molecule has 1 unspecified atom stereocenters. The van der Waals surface area contributed by atoms with E-state index in [1.54, 1.807) is 0 Å². The van der Waals surface area contributed by atoms with Gasteiger partial charge in [-0.25, -0.2) is 0 Å². The van der Waals surface area contributed by atoms with Crippen molar-refractivity contribution in [1.82, 2.24) is 0 Å². The number of nitrogens with zero attached hydrogens (tertiary/aromatic N) is 1. The third-order valence-electron chi connectivity index (χ3n) is 8.97. The Morgan fingerprint density at radius 2 is 1.04 bits per heavy atom. The van der Waals surface area contributed by atoms with Crippen LogP contribution in [0.15, 0.2) is 24.3 Å². The summed E-state index contributed by atoms with van der Waals surface area (Å²) in [6.45, 7) is 4.17. The minimum absolute atomic E-state index is 0.0299. The van der Waals surface area contributed by atoms with E-state index in [2.05, 4.69) is 38.2 Å². The van der Waals surface area contributed by atoms with Crippen LogP contribution in [0, 0.1) is 0 Å². The highest BCUT2D eigenvalue weighted by molar-refractivity contribution is 7.45. The molecule has 2 atom stereocenters. The topological polar surface area (TPSA) is 111 Å². The number of unbranched alkanes of at least 4 members (excludes halogenated alkanes) is 20. The number of hydrogen-bond acceptors (Lipinski definition) is 8. The maximum atomic E-state index is 12.6. The van der Waals surface area contributed by atoms with Crippen LogP contribution in [-0.4, -0.2) is 70.0 Å². The summed E-state index contributed by atoms with van der Waals surface area (Å²) in [5.74, 6) is -0.839. The van der Waals surface area contributed by atoms with E-state index in [0.29, 0.717) is 17.4 Å². The van der Waals surface area contributed by atoms with Crippen LogP contribution in [0.25, 0.3) is 0 Å². The molecule has 0 N–H and O–H groups in total. The van der Waals surface area contributed by atoms with E-state index in [-0.39, 0.29) is 32.0 Å². The number of quaternary nitrogens is 1. The van der Waals surface area contributed by atoms with Gasteiger partial charge in [-0.15, -0.1) is 0 Å². The minimum Gasteiger partial charge on any atom is -0.756 e. The number of carbonyl (C=O) groups excluding carboxylic acids is 2. The molecular formula is C42H80NO8P. The number of phosphoric acid groups is 1. The lowest BCUT2D eigenvalue weighted by Gasteiger charge is -2.28. The summed E-state index contributed by atoms with van der Waals surface area (Å²) >= 11 is 0. The van der Waals surface area contributed by atoms with Gasteiger partial charge in [0.1, 0.15) is 19.8 Å². The third-order valence-corrected chi connectivity index (χ3v) is 9.94. The summed E-state index contributed by atoms with van der Waals surface area (Å²) < 4.78 is 33.8. The van der Waals surface area contributed by atoms with Crippen LogP contribution in [0.4, 0.5) is 0 Å². The van der Waals surface area contributed by atoms with Crippen LogP contribution < -0.4 is 4.89 Å². The number of phosphoric ester groups is 1. The minimum atomic E-state index is -4.61. The summed E-state index contributed by atoms with van der Waals surface area (Å²) in [4.78, 5) is 37.3. The van der Waals surface area contributed by atoms with Gasteiger partial charge < -0.3 is 27.9 Å². The predicted molar refractivity (Wildman–Crippen MR) is 213 cm³/mol. The molecule has 10 heteroatoms. The van der Waals surface area contributed by atoms with Crippen molar-refractivity contribution in [2.24, 2.45) is 0 Å². The second-order valence-corrected chi connectivity index (χ2v) is 16.8. The van der Waals surface area contributed by atoms with Gasteiger partial charge in [0, 0.05) is 12.8 Å². The maximum absolute atomic E-state index is 12.6. The first-order valence-electron chi connectivity index (χ1n) is 21.0. The Morgan fingerprint density at radius 3 is 1.56 bits per heavy atom. The van der Waals surface area contributed by atoms with Crippen molar-refractivity contribution >= 4 is 19.8 Å². The number of likely N-dealkylation sites (N-methyl/N-ethyl adjacent to an activating group) is 1. The number of ether oxygens (including phenoxy) is 2. The molecule has 0 aromatic rings. The summed E-state index contributed by atoms with van der Waals surface area (Å²) in [6, 6.07) is 0. The zero-order valence-electron chi connectivity index (χ0n) is 34.3. The molecule has 306 valence electrons. The van der Waals surface area contributed by atoms with Gasteiger partial charge in [-0.2, -0.15) is 0 Å². The first kappa shape index (κ1) is 50.5. The van der Waals surface area contributed by atoms with E-state index in [9.17, 15) is 19.0 Å².